The lowest BCUT2D eigenvalue weighted by Crippen LogP contribution is -2.44. The van der Waals surface area contributed by atoms with E-state index < -0.39 is 0 Å². The molecule has 7 nitrogen and oxygen atoms in total. The fourth-order valence-corrected chi connectivity index (χ4v) is 2.76. The van der Waals surface area contributed by atoms with Gasteiger partial charge in [0.2, 0.25) is 5.91 Å². The first-order valence-electron chi connectivity index (χ1n) is 7.69. The van der Waals surface area contributed by atoms with Crippen LogP contribution in [0.25, 0.3) is 0 Å². The number of rotatable bonds is 4. The highest BCUT2D eigenvalue weighted by Gasteiger charge is 2.24. The Balaban J connectivity index is 1.53. The van der Waals surface area contributed by atoms with Gasteiger partial charge in [-0.2, -0.15) is 5.10 Å². The maximum atomic E-state index is 12.3. The number of hydrogen-bond acceptors (Lipinski definition) is 5. The highest BCUT2D eigenvalue weighted by Crippen LogP contribution is 2.25. The predicted octanol–water partition coefficient (Wildman–Crippen LogP) is 1.36. The smallest absolute Gasteiger partial charge is 0.267 e. The molecule has 8 heteroatoms. The Labute approximate surface area is 143 Å². The van der Waals surface area contributed by atoms with Crippen LogP contribution in [0, 0.1) is 0 Å². The molecule has 3 heterocycles. The monoisotopic (exact) mass is 348 g/mol. The van der Waals surface area contributed by atoms with E-state index in [-0.39, 0.29) is 24.1 Å². The molecule has 0 atom stereocenters. The lowest BCUT2D eigenvalue weighted by atomic mass is 10.1. The molecule has 1 saturated heterocycles. The zero-order valence-corrected chi connectivity index (χ0v) is 13.7. The number of nitrogens with zero attached hydrogens (tertiary/aromatic N) is 4. The molecule has 0 aromatic carbocycles. The van der Waals surface area contributed by atoms with Crippen LogP contribution >= 0.6 is 11.6 Å². The van der Waals surface area contributed by atoms with Crippen molar-refractivity contribution in [3.05, 3.63) is 52.2 Å². The summed E-state index contributed by atoms with van der Waals surface area (Å²) in [5.74, 6) is 0.493. The molecule has 3 rings (SSSR count). The second-order valence-electron chi connectivity index (χ2n) is 5.52. The summed E-state index contributed by atoms with van der Waals surface area (Å²) >= 11 is 6.04. The second kappa shape index (κ2) is 7.44. The summed E-state index contributed by atoms with van der Waals surface area (Å²) in [5, 5.41) is 4.38. The van der Waals surface area contributed by atoms with Crippen LogP contribution in [0.2, 0.25) is 5.02 Å². The highest BCUT2D eigenvalue weighted by molar-refractivity contribution is 6.31. The van der Waals surface area contributed by atoms with Crippen molar-refractivity contribution < 1.29 is 9.53 Å². The van der Waals surface area contributed by atoms with Gasteiger partial charge < -0.3 is 9.64 Å². The Morgan fingerprint density at radius 1 is 1.29 bits per heavy atom. The van der Waals surface area contributed by atoms with Gasteiger partial charge in [-0.25, -0.2) is 4.68 Å². The number of likely N-dealkylation sites (tertiary alicyclic amines) is 1. The lowest BCUT2D eigenvalue weighted by Gasteiger charge is -2.32. The average molecular weight is 349 g/mol. The summed E-state index contributed by atoms with van der Waals surface area (Å²) in [6, 6.07) is 4.67. The van der Waals surface area contributed by atoms with Gasteiger partial charge in [0.15, 0.2) is 0 Å². The summed E-state index contributed by atoms with van der Waals surface area (Å²) in [6.45, 7) is 1.11. The molecule has 2 aromatic heterocycles. The SMILES string of the molecule is O=C(Cn1ncccc1=O)N1CCC(Oc2ccncc2Cl)CC1. The first kappa shape index (κ1) is 16.4. The lowest BCUT2D eigenvalue weighted by molar-refractivity contribution is -0.133. The minimum atomic E-state index is -0.281. The fourth-order valence-electron chi connectivity index (χ4n) is 2.59. The number of halogens is 1. The molecule has 0 N–H and O–H groups in total. The van der Waals surface area contributed by atoms with E-state index in [1.165, 1.54) is 16.9 Å². The molecule has 1 amide bonds. The van der Waals surface area contributed by atoms with Crippen molar-refractivity contribution in [1.82, 2.24) is 19.7 Å². The van der Waals surface area contributed by atoms with Gasteiger partial charge in [0, 0.05) is 56.7 Å². The summed E-state index contributed by atoms with van der Waals surface area (Å²) in [7, 11) is 0. The first-order valence-corrected chi connectivity index (χ1v) is 8.07. The van der Waals surface area contributed by atoms with E-state index in [9.17, 15) is 9.59 Å². The van der Waals surface area contributed by atoms with Crippen LogP contribution in [0.5, 0.6) is 5.75 Å². The summed E-state index contributed by atoms with van der Waals surface area (Å²) in [6.07, 6.45) is 6.09. The molecule has 0 saturated carbocycles. The fraction of sp³-hybridized carbons (Fsp3) is 0.375. The van der Waals surface area contributed by atoms with Crippen LogP contribution < -0.4 is 10.3 Å². The van der Waals surface area contributed by atoms with E-state index in [4.69, 9.17) is 16.3 Å². The Kier molecular flexibility index (Phi) is 5.10. The molecule has 0 unspecified atom stereocenters. The van der Waals surface area contributed by atoms with Crippen LogP contribution in [0.1, 0.15) is 12.8 Å². The highest BCUT2D eigenvalue weighted by atomic mass is 35.5. The number of hydrogen-bond donors (Lipinski definition) is 0. The molecule has 24 heavy (non-hydrogen) atoms. The third-order valence-corrected chi connectivity index (χ3v) is 4.18. The molecular formula is C16H17ClN4O3. The van der Waals surface area contributed by atoms with Gasteiger partial charge in [-0.15, -0.1) is 0 Å². The molecule has 2 aromatic rings. The molecule has 1 aliphatic rings. The van der Waals surface area contributed by atoms with Crippen molar-refractivity contribution in [3.63, 3.8) is 0 Å². The molecule has 126 valence electrons. The normalized spacial score (nSPS) is 15.3. The number of carbonyl (C=O) groups excluding carboxylic acids is 1. The molecule has 0 radical (unpaired) electrons. The van der Waals surface area contributed by atoms with Crippen LogP contribution in [0.15, 0.2) is 41.6 Å². The van der Waals surface area contributed by atoms with E-state index in [1.807, 2.05) is 0 Å². The number of ether oxygens (including phenoxy) is 1. The Morgan fingerprint density at radius 2 is 2.08 bits per heavy atom. The van der Waals surface area contributed by atoms with E-state index in [1.54, 1.807) is 29.4 Å². The summed E-state index contributed by atoms with van der Waals surface area (Å²) < 4.78 is 7.04. The summed E-state index contributed by atoms with van der Waals surface area (Å²) in [5.41, 5.74) is -0.281. The van der Waals surface area contributed by atoms with E-state index in [0.717, 1.165) is 0 Å². The van der Waals surface area contributed by atoms with E-state index >= 15 is 0 Å². The van der Waals surface area contributed by atoms with Gasteiger partial charge in [-0.3, -0.25) is 14.6 Å². The molecule has 0 spiro atoms. The van der Waals surface area contributed by atoms with E-state index in [0.29, 0.717) is 36.7 Å². The number of pyridine rings is 1. The van der Waals surface area contributed by atoms with Crippen LogP contribution in [-0.4, -0.2) is 44.8 Å². The van der Waals surface area contributed by atoms with Crippen molar-refractivity contribution in [2.24, 2.45) is 0 Å². The third kappa shape index (κ3) is 3.91. The minimum Gasteiger partial charge on any atom is -0.489 e. The number of carbonyl (C=O) groups is 1. The average Bonchev–Trinajstić information content (AvgIpc) is 2.59. The maximum absolute atomic E-state index is 12.3. The largest absolute Gasteiger partial charge is 0.489 e. The van der Waals surface area contributed by atoms with E-state index in [2.05, 4.69) is 10.1 Å². The Hall–Kier alpha value is -2.41. The Bertz CT molecular complexity index is 772. The van der Waals surface area contributed by atoms with Crippen LogP contribution in [0.3, 0.4) is 0 Å². The van der Waals surface area contributed by atoms with Crippen molar-refractivity contribution in [3.8, 4) is 5.75 Å². The van der Waals surface area contributed by atoms with Gasteiger partial charge in [0.05, 0.1) is 0 Å². The third-order valence-electron chi connectivity index (χ3n) is 3.89. The maximum Gasteiger partial charge on any atom is 0.267 e. The van der Waals surface area contributed by atoms with Crippen molar-refractivity contribution >= 4 is 17.5 Å². The van der Waals surface area contributed by atoms with Crippen molar-refractivity contribution in [1.29, 1.82) is 0 Å². The summed E-state index contributed by atoms with van der Waals surface area (Å²) in [4.78, 5) is 29.6. The van der Waals surface area contributed by atoms with Gasteiger partial charge in [0.25, 0.3) is 5.56 Å². The Morgan fingerprint density at radius 3 is 2.79 bits per heavy atom. The zero-order valence-electron chi connectivity index (χ0n) is 13.0. The van der Waals surface area contributed by atoms with Crippen LogP contribution in [0.4, 0.5) is 0 Å². The van der Waals surface area contributed by atoms with Crippen LogP contribution in [-0.2, 0) is 11.3 Å². The van der Waals surface area contributed by atoms with Gasteiger partial charge in [-0.1, -0.05) is 11.6 Å². The molecule has 1 aliphatic heterocycles. The molecule has 1 fully saturated rings. The standard InChI is InChI=1S/C16H17ClN4O3/c17-13-10-18-7-3-14(13)24-12-4-8-20(9-5-12)16(23)11-21-15(22)2-1-6-19-21/h1-3,6-7,10,12H,4-5,8-9,11H2. The number of amides is 1. The zero-order chi connectivity index (χ0) is 16.9. The molecule has 0 bridgehead atoms. The first-order chi connectivity index (χ1) is 11.6. The number of aromatic nitrogens is 3. The van der Waals surface area contributed by atoms with Gasteiger partial charge in [-0.05, 0) is 6.07 Å². The second-order valence-corrected chi connectivity index (χ2v) is 5.93. The number of piperidine rings is 1. The minimum absolute atomic E-state index is 0.00604. The predicted molar refractivity (Wildman–Crippen MR) is 88.0 cm³/mol. The van der Waals surface area contributed by atoms with Crippen molar-refractivity contribution in [2.45, 2.75) is 25.5 Å². The van der Waals surface area contributed by atoms with Gasteiger partial charge >= 0.3 is 0 Å². The quantitative estimate of drug-likeness (QED) is 0.833. The molecular weight excluding hydrogens is 332 g/mol. The molecule has 0 aliphatic carbocycles. The van der Waals surface area contributed by atoms with Crippen molar-refractivity contribution in [2.75, 3.05) is 13.1 Å². The topological polar surface area (TPSA) is 77.3 Å². The van der Waals surface area contributed by atoms with Gasteiger partial charge in [0.1, 0.15) is 23.4 Å².